The van der Waals surface area contributed by atoms with E-state index in [0.717, 1.165) is 0 Å². The maximum Gasteiger partial charge on any atom is 0.254 e. The van der Waals surface area contributed by atoms with Gasteiger partial charge in [-0.25, -0.2) is 17.2 Å². The number of carbonyl (C=O) groups excluding carboxylic acids is 1. The van der Waals surface area contributed by atoms with E-state index in [1.807, 2.05) is 11.8 Å². The molecule has 6 nitrogen and oxygen atoms in total. The highest BCUT2D eigenvalue weighted by molar-refractivity contribution is 7.89. The average molecular weight is 583 g/mol. The molecule has 0 bridgehead atoms. The monoisotopic (exact) mass is 581 g/mol. The second kappa shape index (κ2) is 11.8. The summed E-state index contributed by atoms with van der Waals surface area (Å²) in [4.78, 5) is 14.9. The van der Waals surface area contributed by atoms with Crippen LogP contribution in [0, 0.1) is 0 Å². The summed E-state index contributed by atoms with van der Waals surface area (Å²) in [6.07, 6.45) is 0.316. The summed E-state index contributed by atoms with van der Waals surface area (Å²) in [7, 11) is -3.32. The highest BCUT2D eigenvalue weighted by Crippen LogP contribution is 2.42. The highest BCUT2D eigenvalue weighted by atomic mass is 35.5. The van der Waals surface area contributed by atoms with Crippen LogP contribution in [0.5, 0.6) is 0 Å². The molecule has 2 aliphatic rings. The van der Waals surface area contributed by atoms with Crippen LogP contribution in [0.1, 0.15) is 49.4 Å². The van der Waals surface area contributed by atoms with Crippen LogP contribution in [0.15, 0.2) is 12.1 Å². The Kier molecular flexibility index (Phi) is 10.3. The second-order valence-electron chi connectivity index (χ2n) is 8.71. The summed E-state index contributed by atoms with van der Waals surface area (Å²) >= 11 is 18.2. The first kappa shape index (κ1) is 29.8. The number of nitrogens with one attached hydrogen (secondary N) is 1. The average Bonchev–Trinajstić information content (AvgIpc) is 2.73. The van der Waals surface area contributed by atoms with Gasteiger partial charge in [0.25, 0.3) is 5.91 Å². The Morgan fingerprint density at radius 1 is 1.03 bits per heavy atom. The minimum absolute atomic E-state index is 0. The van der Waals surface area contributed by atoms with Crippen molar-refractivity contribution in [2.45, 2.75) is 50.5 Å². The van der Waals surface area contributed by atoms with Crippen LogP contribution in [0.2, 0.25) is 15.1 Å². The van der Waals surface area contributed by atoms with Gasteiger partial charge in [0.05, 0.1) is 21.4 Å². The summed E-state index contributed by atoms with van der Waals surface area (Å²) in [6, 6.07) is 2.83. The Hall–Kier alpha value is -0.420. The van der Waals surface area contributed by atoms with Gasteiger partial charge in [-0.2, -0.15) is 4.31 Å². The fraction of sp³-hybridized carbons (Fsp3) is 0.667. The number of rotatable bonds is 7. The standard InChI is InChI=1S/C21H28Cl3F2N3O3S.ClH/c1-2-11-33(31,32)29-9-7-28(8-10-29)20(3-5-21(25,26)6-4-20)14-27-19(30)18-16(23)12-15(22)13-17(18)24;/h12-13H,2-11,14H2,1H3,(H,27,30);1H. The lowest BCUT2D eigenvalue weighted by Gasteiger charge is -2.50. The summed E-state index contributed by atoms with van der Waals surface area (Å²) in [5.41, 5.74) is -0.627. The fourth-order valence-corrected chi connectivity index (χ4v) is 7.09. The third-order valence-electron chi connectivity index (χ3n) is 6.49. The van der Waals surface area contributed by atoms with Crippen LogP contribution < -0.4 is 5.32 Å². The SMILES string of the molecule is CCCS(=O)(=O)N1CCN(C2(CNC(=O)c3c(Cl)cc(Cl)cc3Cl)CCC(F)(F)CC2)CC1.Cl. The van der Waals surface area contributed by atoms with E-state index >= 15 is 0 Å². The third-order valence-corrected chi connectivity index (χ3v) is 9.38. The Morgan fingerprint density at radius 3 is 2.06 bits per heavy atom. The van der Waals surface area contributed by atoms with E-state index in [1.54, 1.807) is 0 Å². The number of hydrogen-bond donors (Lipinski definition) is 1. The number of amides is 1. The van der Waals surface area contributed by atoms with Crippen molar-refractivity contribution in [1.29, 1.82) is 0 Å². The number of nitrogens with zero attached hydrogens (tertiary/aromatic N) is 2. The van der Waals surface area contributed by atoms with Gasteiger partial charge < -0.3 is 5.32 Å². The molecule has 34 heavy (non-hydrogen) atoms. The van der Waals surface area contributed by atoms with Crippen molar-refractivity contribution in [3.05, 3.63) is 32.8 Å². The minimum Gasteiger partial charge on any atom is -0.350 e. The van der Waals surface area contributed by atoms with Crippen molar-refractivity contribution in [2.24, 2.45) is 0 Å². The predicted molar refractivity (Wildman–Crippen MR) is 134 cm³/mol. The summed E-state index contributed by atoms with van der Waals surface area (Å²) < 4.78 is 54.3. The molecule has 194 valence electrons. The Labute approximate surface area is 220 Å². The van der Waals surface area contributed by atoms with Gasteiger partial charge in [0.1, 0.15) is 0 Å². The van der Waals surface area contributed by atoms with E-state index in [1.165, 1.54) is 16.4 Å². The van der Waals surface area contributed by atoms with Gasteiger partial charge in [0.2, 0.25) is 15.9 Å². The number of carbonyl (C=O) groups is 1. The molecule has 1 heterocycles. The van der Waals surface area contributed by atoms with E-state index in [4.69, 9.17) is 34.8 Å². The zero-order valence-electron chi connectivity index (χ0n) is 18.8. The molecule has 0 radical (unpaired) electrons. The number of benzene rings is 1. The van der Waals surface area contributed by atoms with Gasteiger partial charge in [0.15, 0.2) is 0 Å². The molecule has 0 atom stereocenters. The van der Waals surface area contributed by atoms with E-state index in [-0.39, 0.29) is 66.0 Å². The van der Waals surface area contributed by atoms with Crippen molar-refractivity contribution in [1.82, 2.24) is 14.5 Å². The van der Waals surface area contributed by atoms with Gasteiger partial charge in [-0.3, -0.25) is 9.69 Å². The molecule has 1 aromatic rings. The molecule has 0 unspecified atom stereocenters. The molecular formula is C21H29Cl4F2N3O3S. The molecule has 1 saturated heterocycles. The van der Waals surface area contributed by atoms with Gasteiger partial charge in [-0.15, -0.1) is 12.4 Å². The summed E-state index contributed by atoms with van der Waals surface area (Å²) in [5.74, 6) is -3.17. The topological polar surface area (TPSA) is 69.7 Å². The molecule has 1 aromatic carbocycles. The first-order valence-electron chi connectivity index (χ1n) is 10.9. The van der Waals surface area contributed by atoms with E-state index in [9.17, 15) is 22.0 Å². The van der Waals surface area contributed by atoms with Gasteiger partial charge >= 0.3 is 0 Å². The number of halogens is 6. The Bertz CT molecular complexity index is 956. The van der Waals surface area contributed by atoms with Crippen molar-refractivity contribution in [3.63, 3.8) is 0 Å². The first-order valence-corrected chi connectivity index (χ1v) is 13.7. The molecular weight excluding hydrogens is 554 g/mol. The predicted octanol–water partition coefficient (Wildman–Crippen LogP) is 5.10. The molecule has 1 aliphatic heterocycles. The molecule has 0 spiro atoms. The van der Waals surface area contributed by atoms with Crippen LogP contribution in [0.4, 0.5) is 8.78 Å². The normalized spacial score (nSPS) is 21.0. The lowest BCUT2D eigenvalue weighted by atomic mass is 9.78. The van der Waals surface area contributed by atoms with Gasteiger partial charge in [-0.05, 0) is 31.4 Å². The van der Waals surface area contributed by atoms with Crippen LogP contribution in [0.3, 0.4) is 0 Å². The quantitative estimate of drug-likeness (QED) is 0.485. The molecule has 0 aromatic heterocycles. The fourth-order valence-electron chi connectivity index (χ4n) is 4.61. The Balaban J connectivity index is 0.00000408. The molecule has 3 rings (SSSR count). The number of piperazine rings is 1. The van der Waals surface area contributed by atoms with Crippen molar-refractivity contribution in [2.75, 3.05) is 38.5 Å². The van der Waals surface area contributed by atoms with Crippen molar-refractivity contribution < 1.29 is 22.0 Å². The number of alkyl halides is 2. The Morgan fingerprint density at radius 2 is 1.56 bits per heavy atom. The van der Waals surface area contributed by atoms with Crippen LogP contribution in [-0.2, 0) is 10.0 Å². The maximum atomic E-state index is 14.0. The van der Waals surface area contributed by atoms with Crippen LogP contribution >= 0.6 is 47.2 Å². The lowest BCUT2D eigenvalue weighted by molar-refractivity contribution is -0.0856. The molecule has 1 N–H and O–H groups in total. The molecule has 1 saturated carbocycles. The smallest absolute Gasteiger partial charge is 0.254 e. The zero-order valence-corrected chi connectivity index (χ0v) is 22.7. The van der Waals surface area contributed by atoms with E-state index in [2.05, 4.69) is 5.32 Å². The highest BCUT2D eigenvalue weighted by Gasteiger charge is 2.47. The molecule has 13 heteroatoms. The van der Waals surface area contributed by atoms with Crippen LogP contribution in [-0.4, -0.2) is 73.5 Å². The van der Waals surface area contributed by atoms with Crippen molar-refractivity contribution >= 4 is 63.1 Å². The lowest BCUT2D eigenvalue weighted by Crippen LogP contribution is -2.63. The first-order chi connectivity index (χ1) is 15.4. The van der Waals surface area contributed by atoms with Crippen LogP contribution in [0.25, 0.3) is 0 Å². The summed E-state index contributed by atoms with van der Waals surface area (Å²) in [5, 5.41) is 3.32. The molecule has 1 amide bonds. The minimum atomic E-state index is -3.32. The second-order valence-corrected chi connectivity index (χ2v) is 12.0. The third kappa shape index (κ3) is 6.87. The molecule has 1 aliphatic carbocycles. The van der Waals surface area contributed by atoms with Gasteiger partial charge in [0, 0.05) is 56.1 Å². The summed E-state index contributed by atoms with van der Waals surface area (Å²) in [6.45, 7) is 3.35. The van der Waals surface area contributed by atoms with Gasteiger partial charge in [-0.1, -0.05) is 41.7 Å². The number of sulfonamides is 1. The largest absolute Gasteiger partial charge is 0.350 e. The van der Waals surface area contributed by atoms with E-state index in [0.29, 0.717) is 37.6 Å². The zero-order chi connectivity index (χ0) is 24.4. The number of hydrogen-bond acceptors (Lipinski definition) is 4. The van der Waals surface area contributed by atoms with Crippen molar-refractivity contribution in [3.8, 4) is 0 Å². The van der Waals surface area contributed by atoms with E-state index < -0.39 is 27.4 Å². The maximum absolute atomic E-state index is 14.0. The molecule has 2 fully saturated rings.